The van der Waals surface area contributed by atoms with E-state index in [1.54, 1.807) is 36.4 Å². The maximum absolute atomic E-state index is 12.2. The monoisotopic (exact) mass is 384 g/mol. The molecule has 0 aliphatic carbocycles. The average molecular weight is 384 g/mol. The Balaban J connectivity index is 1.47. The lowest BCUT2D eigenvalue weighted by molar-refractivity contribution is -0.151. The summed E-state index contributed by atoms with van der Waals surface area (Å²) in [6, 6.07) is 9.95. The minimum atomic E-state index is -0.615. The van der Waals surface area contributed by atoms with E-state index in [2.05, 4.69) is 5.32 Å². The highest BCUT2D eigenvalue weighted by Crippen LogP contribution is 2.21. The van der Waals surface area contributed by atoms with Crippen LogP contribution < -0.4 is 5.32 Å². The third-order valence-electron chi connectivity index (χ3n) is 4.37. The first-order chi connectivity index (χ1) is 13.4. The van der Waals surface area contributed by atoms with Crippen LogP contribution >= 0.6 is 0 Å². The molecule has 1 atom stereocenters. The third kappa shape index (κ3) is 4.85. The van der Waals surface area contributed by atoms with Crippen LogP contribution in [0.5, 0.6) is 0 Å². The van der Waals surface area contributed by atoms with Gasteiger partial charge >= 0.3 is 5.97 Å². The number of hydrogen-bond donors (Lipinski definition) is 1. The molecule has 8 heteroatoms. The minimum Gasteiger partial charge on any atom is -0.467 e. The zero-order valence-electron chi connectivity index (χ0n) is 15.3. The molecule has 1 fully saturated rings. The van der Waals surface area contributed by atoms with Crippen LogP contribution in [0, 0.1) is 5.92 Å². The summed E-state index contributed by atoms with van der Waals surface area (Å²) in [4.78, 5) is 49.1. The zero-order valence-corrected chi connectivity index (χ0v) is 15.3. The summed E-state index contributed by atoms with van der Waals surface area (Å²) in [5.74, 6) is -1.38. The Morgan fingerprint density at radius 1 is 1.25 bits per heavy atom. The van der Waals surface area contributed by atoms with E-state index < -0.39 is 24.4 Å². The number of nitrogens with one attached hydrogen (secondary N) is 1. The quantitative estimate of drug-likeness (QED) is 0.578. The molecule has 1 saturated heterocycles. The van der Waals surface area contributed by atoms with Crippen LogP contribution in [0.2, 0.25) is 0 Å². The van der Waals surface area contributed by atoms with Crippen LogP contribution in [-0.2, 0) is 25.7 Å². The first-order valence-electron chi connectivity index (χ1n) is 8.80. The number of carbonyl (C=O) groups excluding carboxylic acids is 4. The Kier molecular flexibility index (Phi) is 5.88. The number of anilines is 1. The molecule has 146 valence electrons. The lowest BCUT2D eigenvalue weighted by atomic mass is 10.1. The maximum Gasteiger partial charge on any atom is 0.311 e. The van der Waals surface area contributed by atoms with Gasteiger partial charge in [-0.15, -0.1) is 0 Å². The van der Waals surface area contributed by atoms with Crippen LogP contribution in [-0.4, -0.2) is 41.6 Å². The summed E-state index contributed by atoms with van der Waals surface area (Å²) < 4.78 is 10.3. The van der Waals surface area contributed by atoms with Crippen LogP contribution in [0.1, 0.15) is 29.5 Å². The zero-order chi connectivity index (χ0) is 20.1. The van der Waals surface area contributed by atoms with E-state index in [0.29, 0.717) is 23.6 Å². The van der Waals surface area contributed by atoms with E-state index in [0.717, 1.165) is 0 Å². The Hall–Kier alpha value is -3.42. The van der Waals surface area contributed by atoms with Crippen molar-refractivity contribution in [2.45, 2.75) is 19.9 Å². The van der Waals surface area contributed by atoms with E-state index in [9.17, 15) is 19.2 Å². The maximum atomic E-state index is 12.2. The Labute approximate surface area is 161 Å². The van der Waals surface area contributed by atoms with Gasteiger partial charge in [-0.25, -0.2) is 0 Å². The van der Waals surface area contributed by atoms with Gasteiger partial charge in [0.15, 0.2) is 12.4 Å². The number of nitrogens with zero attached hydrogens (tertiary/aromatic N) is 1. The number of amides is 2. The summed E-state index contributed by atoms with van der Waals surface area (Å²) in [6.45, 7) is 1.48. The van der Waals surface area contributed by atoms with E-state index in [4.69, 9.17) is 9.15 Å². The molecule has 1 N–H and O–H groups in total. The first-order valence-corrected chi connectivity index (χ1v) is 8.80. The molecule has 1 aromatic heterocycles. The van der Waals surface area contributed by atoms with Gasteiger partial charge < -0.3 is 19.4 Å². The lowest BCUT2D eigenvalue weighted by Gasteiger charge is -2.14. The van der Waals surface area contributed by atoms with Crippen molar-refractivity contribution in [3.8, 4) is 0 Å². The fourth-order valence-corrected chi connectivity index (χ4v) is 2.94. The predicted octanol–water partition coefficient (Wildman–Crippen LogP) is 2.01. The number of ether oxygens (including phenoxy) is 1. The standard InChI is InChI=1S/C20H20N2O6/c1-13(23)14-4-2-5-16(8-14)21-18(24)12-28-20(26)15-9-19(25)22(10-15)11-17-6-3-7-27-17/h2-8,15H,9-12H2,1H3,(H,21,24)/t15-/m1/s1. The van der Waals surface area contributed by atoms with Crippen molar-refractivity contribution in [3.05, 3.63) is 54.0 Å². The molecule has 8 nitrogen and oxygen atoms in total. The fraction of sp³-hybridized carbons (Fsp3) is 0.300. The highest BCUT2D eigenvalue weighted by atomic mass is 16.5. The van der Waals surface area contributed by atoms with Crippen molar-refractivity contribution in [1.82, 2.24) is 4.90 Å². The molecule has 2 heterocycles. The molecule has 28 heavy (non-hydrogen) atoms. The average Bonchev–Trinajstić information content (AvgIpc) is 3.30. The van der Waals surface area contributed by atoms with Gasteiger partial charge in [-0.3, -0.25) is 19.2 Å². The number of carbonyl (C=O) groups is 4. The van der Waals surface area contributed by atoms with Crippen molar-refractivity contribution in [1.29, 1.82) is 0 Å². The molecule has 0 radical (unpaired) electrons. The molecule has 2 aromatic rings. The second kappa shape index (κ2) is 8.51. The molecule has 2 amide bonds. The normalized spacial score (nSPS) is 16.1. The molecule has 0 unspecified atom stereocenters. The molecular weight excluding hydrogens is 364 g/mol. The Bertz CT molecular complexity index is 890. The second-order valence-corrected chi connectivity index (χ2v) is 6.55. The topological polar surface area (TPSA) is 106 Å². The number of ketones is 1. The summed E-state index contributed by atoms with van der Waals surface area (Å²) in [5.41, 5.74) is 0.908. The van der Waals surface area contributed by atoms with Gasteiger partial charge in [0.1, 0.15) is 5.76 Å². The van der Waals surface area contributed by atoms with Gasteiger partial charge in [-0.2, -0.15) is 0 Å². The van der Waals surface area contributed by atoms with Crippen molar-refractivity contribution >= 4 is 29.3 Å². The van der Waals surface area contributed by atoms with Gasteiger partial charge in [0, 0.05) is 24.2 Å². The number of esters is 1. The summed E-state index contributed by atoms with van der Waals surface area (Å²) in [7, 11) is 0. The van der Waals surface area contributed by atoms with Crippen molar-refractivity contribution in [2.24, 2.45) is 5.92 Å². The molecule has 1 aliphatic rings. The van der Waals surface area contributed by atoms with Crippen molar-refractivity contribution in [2.75, 3.05) is 18.5 Å². The Morgan fingerprint density at radius 2 is 2.07 bits per heavy atom. The molecule has 1 aliphatic heterocycles. The van der Waals surface area contributed by atoms with Gasteiger partial charge in [-0.1, -0.05) is 12.1 Å². The van der Waals surface area contributed by atoms with Crippen LogP contribution in [0.4, 0.5) is 5.69 Å². The fourth-order valence-electron chi connectivity index (χ4n) is 2.94. The third-order valence-corrected chi connectivity index (χ3v) is 4.37. The highest BCUT2D eigenvalue weighted by molar-refractivity contribution is 5.97. The Morgan fingerprint density at radius 3 is 2.79 bits per heavy atom. The smallest absolute Gasteiger partial charge is 0.311 e. The van der Waals surface area contributed by atoms with Crippen LogP contribution in [0.3, 0.4) is 0 Å². The molecule has 0 saturated carbocycles. The van der Waals surface area contributed by atoms with Gasteiger partial charge in [-0.05, 0) is 31.2 Å². The second-order valence-electron chi connectivity index (χ2n) is 6.55. The van der Waals surface area contributed by atoms with Gasteiger partial charge in [0.2, 0.25) is 5.91 Å². The van der Waals surface area contributed by atoms with E-state index in [1.807, 2.05) is 0 Å². The number of likely N-dealkylation sites (tertiary alicyclic amines) is 1. The molecule has 0 spiro atoms. The number of rotatable bonds is 7. The molecule has 0 bridgehead atoms. The van der Waals surface area contributed by atoms with E-state index in [1.165, 1.54) is 18.1 Å². The summed E-state index contributed by atoms with van der Waals surface area (Å²) >= 11 is 0. The van der Waals surface area contributed by atoms with E-state index >= 15 is 0 Å². The number of hydrogen-bond acceptors (Lipinski definition) is 6. The van der Waals surface area contributed by atoms with Crippen LogP contribution in [0.25, 0.3) is 0 Å². The van der Waals surface area contributed by atoms with Crippen molar-refractivity contribution < 1.29 is 28.3 Å². The van der Waals surface area contributed by atoms with Gasteiger partial charge in [0.05, 0.1) is 18.7 Å². The van der Waals surface area contributed by atoms with Gasteiger partial charge in [0.25, 0.3) is 5.91 Å². The number of furan rings is 1. The molecule has 3 rings (SSSR count). The predicted molar refractivity (Wildman–Crippen MR) is 98.3 cm³/mol. The van der Waals surface area contributed by atoms with E-state index in [-0.39, 0.29) is 24.7 Å². The number of Topliss-reactive ketones (excluding diaryl/α,β-unsaturated/α-hetero) is 1. The first kappa shape index (κ1) is 19.3. The highest BCUT2D eigenvalue weighted by Gasteiger charge is 2.35. The SMILES string of the molecule is CC(=O)c1cccc(NC(=O)COC(=O)[C@@H]2CC(=O)N(Cc3ccco3)C2)c1. The summed E-state index contributed by atoms with van der Waals surface area (Å²) in [5, 5.41) is 2.57. The number of benzene rings is 1. The minimum absolute atomic E-state index is 0.0435. The largest absolute Gasteiger partial charge is 0.467 e. The van der Waals surface area contributed by atoms with Crippen molar-refractivity contribution in [3.63, 3.8) is 0 Å². The summed E-state index contributed by atoms with van der Waals surface area (Å²) in [6.07, 6.45) is 1.56. The van der Waals surface area contributed by atoms with Crippen LogP contribution in [0.15, 0.2) is 47.1 Å². The molecule has 1 aromatic carbocycles. The lowest BCUT2D eigenvalue weighted by Crippen LogP contribution is -2.28. The molecular formula is C20H20N2O6.